The molecule has 2 heterocycles. The van der Waals surface area contributed by atoms with Gasteiger partial charge in [-0.25, -0.2) is 12.8 Å². The average molecular weight is 588 g/mol. The molecule has 3 aromatic carbocycles. The molecule has 11 heteroatoms. The maximum Gasteiger partial charge on any atom is 0.264 e. The number of fused-ring (bicyclic) bond motifs is 1. The normalized spacial score (nSPS) is 16.4. The van der Waals surface area contributed by atoms with Crippen molar-refractivity contribution >= 4 is 55.7 Å². The minimum absolute atomic E-state index is 0.0462. The van der Waals surface area contributed by atoms with Crippen molar-refractivity contribution in [3.05, 3.63) is 99.9 Å². The topological polar surface area (TPSA) is 82.6 Å². The van der Waals surface area contributed by atoms with E-state index in [1.807, 2.05) is 6.92 Å². The highest BCUT2D eigenvalue weighted by Crippen LogP contribution is 2.28. The first-order valence-electron chi connectivity index (χ1n) is 12.3. The van der Waals surface area contributed by atoms with Crippen LogP contribution in [-0.4, -0.2) is 54.8 Å². The monoisotopic (exact) mass is 586 g/mol. The number of aromatic nitrogens is 1. The van der Waals surface area contributed by atoms with E-state index in [2.05, 4.69) is 14.6 Å². The fraction of sp³-hybridized carbons (Fsp3) is 0.214. The van der Waals surface area contributed by atoms with Crippen LogP contribution in [-0.2, 0) is 16.6 Å². The molecule has 1 fully saturated rings. The number of halogens is 3. The third-order valence-corrected chi connectivity index (χ3v) is 8.73. The molecule has 1 N–H and O–H groups in total. The average Bonchev–Trinajstić information content (AvgIpc) is 2.90. The Morgan fingerprint density at radius 1 is 1.05 bits per heavy atom. The maximum absolute atomic E-state index is 13.8. The second-order valence-electron chi connectivity index (χ2n) is 9.46. The summed E-state index contributed by atoms with van der Waals surface area (Å²) in [7, 11) is -3.96. The van der Waals surface area contributed by atoms with Crippen LogP contribution < -0.4 is 4.72 Å². The zero-order valence-electron chi connectivity index (χ0n) is 20.9. The van der Waals surface area contributed by atoms with E-state index in [0.717, 1.165) is 5.56 Å². The number of amides is 1. The first-order valence-corrected chi connectivity index (χ1v) is 14.5. The Labute approximate surface area is 236 Å². The van der Waals surface area contributed by atoms with Gasteiger partial charge in [-0.1, -0.05) is 47.5 Å². The summed E-state index contributed by atoms with van der Waals surface area (Å²) in [6.07, 6.45) is 1.54. The molecular formula is C28H25Cl2FN4O3S. The van der Waals surface area contributed by atoms with Crippen LogP contribution in [0.1, 0.15) is 22.8 Å². The number of para-hydroxylation sites is 1. The minimum atomic E-state index is -3.96. The Morgan fingerprint density at radius 2 is 1.85 bits per heavy atom. The number of benzene rings is 3. The van der Waals surface area contributed by atoms with Crippen molar-refractivity contribution < 1.29 is 17.6 Å². The van der Waals surface area contributed by atoms with Crippen LogP contribution in [0.25, 0.3) is 10.9 Å². The molecule has 0 bridgehead atoms. The number of carbonyl (C=O) groups excluding carboxylic acids is 1. The van der Waals surface area contributed by atoms with Gasteiger partial charge in [0.2, 0.25) is 0 Å². The molecule has 0 spiro atoms. The molecule has 202 valence electrons. The fourth-order valence-electron chi connectivity index (χ4n) is 4.78. The lowest BCUT2D eigenvalue weighted by Crippen LogP contribution is -2.53. The van der Waals surface area contributed by atoms with E-state index in [0.29, 0.717) is 37.1 Å². The predicted molar refractivity (Wildman–Crippen MR) is 151 cm³/mol. The SMILES string of the molecule is C[C@H]1CN(Cc2ccc(Cl)c(F)c2)CCN1C(=O)c1ccc(NS(=O)(=O)c2cccc3cccnc23)cc1Cl. The quantitative estimate of drug-likeness (QED) is 0.307. The van der Waals surface area contributed by atoms with Gasteiger partial charge in [-0.2, -0.15) is 0 Å². The predicted octanol–water partition coefficient (Wildman–Crippen LogP) is 5.83. The van der Waals surface area contributed by atoms with Crippen molar-refractivity contribution in [1.29, 1.82) is 0 Å². The molecule has 1 aromatic heterocycles. The van der Waals surface area contributed by atoms with Crippen molar-refractivity contribution in [2.75, 3.05) is 24.4 Å². The van der Waals surface area contributed by atoms with Gasteiger partial charge in [0.25, 0.3) is 15.9 Å². The third kappa shape index (κ3) is 5.86. The van der Waals surface area contributed by atoms with E-state index in [-0.39, 0.29) is 38.1 Å². The van der Waals surface area contributed by atoms with Gasteiger partial charge >= 0.3 is 0 Å². The molecule has 0 saturated carbocycles. The summed E-state index contributed by atoms with van der Waals surface area (Å²) in [5, 5.41) is 0.931. The van der Waals surface area contributed by atoms with Crippen molar-refractivity contribution in [2.24, 2.45) is 0 Å². The van der Waals surface area contributed by atoms with Gasteiger partial charge in [0.05, 0.1) is 26.8 Å². The number of pyridine rings is 1. The number of rotatable bonds is 6. The lowest BCUT2D eigenvalue weighted by Gasteiger charge is -2.40. The minimum Gasteiger partial charge on any atom is -0.333 e. The first-order chi connectivity index (χ1) is 18.6. The van der Waals surface area contributed by atoms with Gasteiger partial charge in [-0.05, 0) is 55.0 Å². The molecule has 1 aliphatic rings. The lowest BCUT2D eigenvalue weighted by molar-refractivity contribution is 0.0475. The number of piperazine rings is 1. The molecule has 5 rings (SSSR count). The summed E-state index contributed by atoms with van der Waals surface area (Å²) in [6, 6.07) is 17.6. The molecule has 1 aliphatic heterocycles. The van der Waals surface area contributed by atoms with Crippen molar-refractivity contribution in [3.63, 3.8) is 0 Å². The molecule has 7 nitrogen and oxygen atoms in total. The van der Waals surface area contributed by atoms with Gasteiger partial charge in [-0.3, -0.25) is 19.4 Å². The molecule has 0 aliphatic carbocycles. The fourth-order valence-corrected chi connectivity index (χ4v) is 6.39. The number of sulfonamides is 1. The summed E-state index contributed by atoms with van der Waals surface area (Å²) < 4.78 is 42.6. The van der Waals surface area contributed by atoms with E-state index >= 15 is 0 Å². The Morgan fingerprint density at radius 3 is 2.59 bits per heavy atom. The molecule has 0 unspecified atom stereocenters. The van der Waals surface area contributed by atoms with Gasteiger partial charge in [0, 0.05) is 43.8 Å². The van der Waals surface area contributed by atoms with Crippen LogP contribution in [0.2, 0.25) is 10.0 Å². The van der Waals surface area contributed by atoms with E-state index in [4.69, 9.17) is 23.2 Å². The Hall–Kier alpha value is -3.24. The van der Waals surface area contributed by atoms with Crippen LogP contribution in [0.15, 0.2) is 77.8 Å². The number of anilines is 1. The van der Waals surface area contributed by atoms with Gasteiger partial charge in [0.15, 0.2) is 0 Å². The molecule has 4 aromatic rings. The number of nitrogens with zero attached hydrogens (tertiary/aromatic N) is 3. The number of hydrogen-bond acceptors (Lipinski definition) is 5. The molecular weight excluding hydrogens is 562 g/mol. The largest absolute Gasteiger partial charge is 0.333 e. The van der Waals surface area contributed by atoms with Gasteiger partial charge < -0.3 is 4.90 Å². The van der Waals surface area contributed by atoms with Gasteiger partial charge in [-0.15, -0.1) is 0 Å². The van der Waals surface area contributed by atoms with Crippen LogP contribution in [0, 0.1) is 5.82 Å². The highest BCUT2D eigenvalue weighted by atomic mass is 35.5. The highest BCUT2D eigenvalue weighted by Gasteiger charge is 2.29. The molecule has 39 heavy (non-hydrogen) atoms. The number of hydrogen-bond donors (Lipinski definition) is 1. The summed E-state index contributed by atoms with van der Waals surface area (Å²) in [4.78, 5) is 21.5. The van der Waals surface area contributed by atoms with Crippen LogP contribution in [0.3, 0.4) is 0 Å². The number of carbonyl (C=O) groups is 1. The molecule has 1 amide bonds. The molecule has 0 radical (unpaired) electrons. The van der Waals surface area contributed by atoms with Crippen LogP contribution in [0.5, 0.6) is 0 Å². The van der Waals surface area contributed by atoms with Crippen LogP contribution in [0.4, 0.5) is 10.1 Å². The summed E-state index contributed by atoms with van der Waals surface area (Å²) in [5.41, 5.74) is 1.69. The van der Waals surface area contributed by atoms with Gasteiger partial charge in [0.1, 0.15) is 10.7 Å². The number of nitrogens with one attached hydrogen (secondary N) is 1. The Bertz CT molecular complexity index is 1660. The Balaban J connectivity index is 1.27. The maximum atomic E-state index is 13.8. The summed E-state index contributed by atoms with van der Waals surface area (Å²) >= 11 is 12.3. The molecule has 1 atom stereocenters. The highest BCUT2D eigenvalue weighted by molar-refractivity contribution is 7.93. The zero-order valence-corrected chi connectivity index (χ0v) is 23.3. The summed E-state index contributed by atoms with van der Waals surface area (Å²) in [6.45, 7) is 4.16. The standard InChI is InChI=1S/C28H25Cl2FN4O3S/c1-18-16-34(17-19-7-10-23(29)25(31)14-19)12-13-35(18)28(36)22-9-8-21(15-24(22)30)33-39(37,38)26-6-2-4-20-5-3-11-32-27(20)26/h2-11,14-15,18,33H,12-13,16-17H2,1H3/t18-/m0/s1. The van der Waals surface area contributed by atoms with E-state index < -0.39 is 15.8 Å². The lowest BCUT2D eigenvalue weighted by atomic mass is 10.1. The zero-order chi connectivity index (χ0) is 27.7. The Kier molecular flexibility index (Phi) is 7.77. The van der Waals surface area contributed by atoms with E-state index in [9.17, 15) is 17.6 Å². The van der Waals surface area contributed by atoms with E-state index in [1.165, 1.54) is 36.5 Å². The van der Waals surface area contributed by atoms with Crippen LogP contribution >= 0.6 is 23.2 Å². The van der Waals surface area contributed by atoms with E-state index in [1.54, 1.807) is 41.3 Å². The van der Waals surface area contributed by atoms with Crippen molar-refractivity contribution in [1.82, 2.24) is 14.8 Å². The second kappa shape index (κ2) is 11.1. The smallest absolute Gasteiger partial charge is 0.264 e. The first kappa shape index (κ1) is 27.3. The van der Waals surface area contributed by atoms with Crippen molar-refractivity contribution in [3.8, 4) is 0 Å². The van der Waals surface area contributed by atoms with Crippen molar-refractivity contribution in [2.45, 2.75) is 24.4 Å². The molecule has 1 saturated heterocycles. The third-order valence-electron chi connectivity index (χ3n) is 6.70. The summed E-state index contributed by atoms with van der Waals surface area (Å²) in [5.74, 6) is -0.692. The second-order valence-corrected chi connectivity index (χ2v) is 11.9.